The highest BCUT2D eigenvalue weighted by Crippen LogP contribution is 2.33. The van der Waals surface area contributed by atoms with Gasteiger partial charge in [0, 0.05) is 22.4 Å². The van der Waals surface area contributed by atoms with E-state index in [1.165, 1.54) is 18.2 Å². The highest BCUT2D eigenvalue weighted by atomic mass is 32.2. The quantitative estimate of drug-likeness (QED) is 0.524. The molecular formula is C20H18N4O4S. The standard InChI is InChI=1S/C20H18N4O4S/c1-12-7-8-17(13(2)9-12)23-19(15-10-29(28)11-16(15)22-23)21-20(25)14-5-3-4-6-18(14)24(26)27/h3-9H,10-11H2,1-2H3,(H,21,25)/t29-/m0/s1. The zero-order chi connectivity index (χ0) is 20.7. The van der Waals surface area contributed by atoms with Gasteiger partial charge in [-0.05, 0) is 31.5 Å². The minimum Gasteiger partial charge on any atom is -0.306 e. The van der Waals surface area contributed by atoms with Gasteiger partial charge in [-0.25, -0.2) is 4.68 Å². The number of carbonyl (C=O) groups is 1. The van der Waals surface area contributed by atoms with Gasteiger partial charge in [0.05, 0.1) is 27.8 Å². The van der Waals surface area contributed by atoms with Crippen molar-refractivity contribution in [2.24, 2.45) is 0 Å². The fraction of sp³-hybridized carbons (Fsp3) is 0.200. The summed E-state index contributed by atoms with van der Waals surface area (Å²) >= 11 is 0. The molecule has 0 saturated carbocycles. The third-order valence-corrected chi connectivity index (χ3v) is 6.03. The first-order valence-electron chi connectivity index (χ1n) is 8.93. The molecule has 3 aromatic rings. The van der Waals surface area contributed by atoms with Crippen LogP contribution in [-0.4, -0.2) is 24.8 Å². The predicted molar refractivity (Wildman–Crippen MR) is 110 cm³/mol. The number of aromatic nitrogens is 2. The summed E-state index contributed by atoms with van der Waals surface area (Å²) in [6.45, 7) is 3.93. The number of nitro groups is 1. The molecular weight excluding hydrogens is 392 g/mol. The predicted octanol–water partition coefficient (Wildman–Crippen LogP) is 3.41. The molecule has 0 saturated heterocycles. The number of hydrogen-bond donors (Lipinski definition) is 1. The van der Waals surface area contributed by atoms with Crippen molar-refractivity contribution in [1.29, 1.82) is 0 Å². The Bertz CT molecular complexity index is 1190. The topological polar surface area (TPSA) is 107 Å². The smallest absolute Gasteiger partial charge is 0.282 e. The van der Waals surface area contributed by atoms with Crippen molar-refractivity contribution in [2.45, 2.75) is 25.4 Å². The van der Waals surface area contributed by atoms with Gasteiger partial charge in [0.2, 0.25) is 0 Å². The van der Waals surface area contributed by atoms with Crippen LogP contribution in [0.4, 0.5) is 11.5 Å². The Balaban J connectivity index is 1.80. The van der Waals surface area contributed by atoms with Crippen molar-refractivity contribution in [2.75, 3.05) is 5.32 Å². The SMILES string of the molecule is Cc1ccc(-n2nc3c(c2NC(=O)c2ccccc2[N+](=O)[O-])C[S@](=O)C3)c(C)c1. The largest absolute Gasteiger partial charge is 0.306 e. The Kier molecular flexibility index (Phi) is 4.75. The number of aryl methyl sites for hydroxylation is 2. The average molecular weight is 410 g/mol. The van der Waals surface area contributed by atoms with Crippen LogP contribution in [0.1, 0.15) is 32.7 Å². The normalized spacial score (nSPS) is 15.2. The number of rotatable bonds is 4. The van der Waals surface area contributed by atoms with Gasteiger partial charge in [0.25, 0.3) is 11.6 Å². The van der Waals surface area contributed by atoms with Crippen molar-refractivity contribution < 1.29 is 13.9 Å². The second-order valence-corrected chi connectivity index (χ2v) is 8.39. The molecule has 8 nitrogen and oxygen atoms in total. The Labute approximate surface area is 169 Å². The maximum Gasteiger partial charge on any atom is 0.282 e. The molecule has 0 bridgehead atoms. The molecule has 2 aromatic carbocycles. The van der Waals surface area contributed by atoms with Gasteiger partial charge < -0.3 is 5.32 Å². The summed E-state index contributed by atoms with van der Waals surface area (Å²) in [6.07, 6.45) is 0. The van der Waals surface area contributed by atoms with Gasteiger partial charge in [-0.3, -0.25) is 19.1 Å². The Hall–Kier alpha value is -3.33. The molecule has 1 N–H and O–H groups in total. The molecule has 0 spiro atoms. The fourth-order valence-electron chi connectivity index (χ4n) is 3.47. The first-order valence-corrected chi connectivity index (χ1v) is 10.4. The zero-order valence-corrected chi connectivity index (χ0v) is 16.7. The molecule has 9 heteroatoms. The molecule has 1 aliphatic rings. The van der Waals surface area contributed by atoms with Gasteiger partial charge in [0.15, 0.2) is 0 Å². The van der Waals surface area contributed by atoms with Crippen LogP contribution in [0, 0.1) is 24.0 Å². The number of hydrogen-bond acceptors (Lipinski definition) is 5. The van der Waals surface area contributed by atoms with Crippen LogP contribution >= 0.6 is 0 Å². The van der Waals surface area contributed by atoms with Gasteiger partial charge >= 0.3 is 0 Å². The van der Waals surface area contributed by atoms with Crippen molar-refractivity contribution in [3.05, 3.63) is 80.5 Å². The second-order valence-electron chi connectivity index (χ2n) is 6.93. The Morgan fingerprint density at radius 1 is 1.21 bits per heavy atom. The third kappa shape index (κ3) is 3.44. The summed E-state index contributed by atoms with van der Waals surface area (Å²) in [5.41, 5.74) is 3.90. The number of benzene rings is 2. The third-order valence-electron chi connectivity index (χ3n) is 4.83. The van der Waals surface area contributed by atoms with Crippen LogP contribution in [0.25, 0.3) is 5.69 Å². The molecule has 0 unspecified atom stereocenters. The number of nitro benzene ring substituents is 1. The van der Waals surface area contributed by atoms with Gasteiger partial charge in [-0.15, -0.1) is 0 Å². The van der Waals surface area contributed by atoms with Crippen molar-refractivity contribution >= 4 is 28.2 Å². The summed E-state index contributed by atoms with van der Waals surface area (Å²) in [6, 6.07) is 11.6. The Morgan fingerprint density at radius 2 is 1.97 bits per heavy atom. The maximum atomic E-state index is 12.9. The first kappa shape index (κ1) is 19.0. The molecule has 2 heterocycles. The van der Waals surface area contributed by atoms with Crippen LogP contribution in [0.15, 0.2) is 42.5 Å². The van der Waals surface area contributed by atoms with E-state index in [4.69, 9.17) is 0 Å². The summed E-state index contributed by atoms with van der Waals surface area (Å²) in [5.74, 6) is 0.401. The van der Waals surface area contributed by atoms with Crippen LogP contribution < -0.4 is 5.32 Å². The van der Waals surface area contributed by atoms with Crippen LogP contribution in [-0.2, 0) is 22.3 Å². The van der Waals surface area contributed by atoms with E-state index in [1.54, 1.807) is 10.7 Å². The lowest BCUT2D eigenvalue weighted by Gasteiger charge is -2.13. The molecule has 1 aliphatic heterocycles. The van der Waals surface area contributed by atoms with E-state index in [2.05, 4.69) is 10.4 Å². The van der Waals surface area contributed by atoms with Crippen LogP contribution in [0.2, 0.25) is 0 Å². The molecule has 1 aromatic heterocycles. The second kappa shape index (κ2) is 7.25. The van der Waals surface area contributed by atoms with E-state index in [1.807, 2.05) is 32.0 Å². The minimum absolute atomic E-state index is 0.0428. The lowest BCUT2D eigenvalue weighted by molar-refractivity contribution is -0.385. The van der Waals surface area contributed by atoms with E-state index in [0.717, 1.165) is 16.8 Å². The summed E-state index contributed by atoms with van der Waals surface area (Å²) in [5, 5.41) is 18.7. The molecule has 1 atom stereocenters. The lowest BCUT2D eigenvalue weighted by Crippen LogP contribution is -2.18. The molecule has 0 fully saturated rings. The minimum atomic E-state index is -1.08. The van der Waals surface area contributed by atoms with E-state index in [0.29, 0.717) is 22.8 Å². The number of fused-ring (bicyclic) bond motifs is 1. The van der Waals surface area contributed by atoms with Gasteiger partial charge in [-0.1, -0.05) is 29.8 Å². The number of nitrogens with zero attached hydrogens (tertiary/aromatic N) is 3. The van der Waals surface area contributed by atoms with Gasteiger partial charge in [-0.2, -0.15) is 5.10 Å². The lowest BCUT2D eigenvalue weighted by atomic mass is 10.1. The van der Waals surface area contributed by atoms with Crippen LogP contribution in [0.5, 0.6) is 0 Å². The van der Waals surface area contributed by atoms with Crippen molar-refractivity contribution in [3.63, 3.8) is 0 Å². The molecule has 148 valence electrons. The highest BCUT2D eigenvalue weighted by Gasteiger charge is 2.30. The molecule has 0 aliphatic carbocycles. The monoisotopic (exact) mass is 410 g/mol. The van der Waals surface area contributed by atoms with Crippen LogP contribution in [0.3, 0.4) is 0 Å². The zero-order valence-electron chi connectivity index (χ0n) is 15.8. The molecule has 0 radical (unpaired) electrons. The Morgan fingerprint density at radius 3 is 2.69 bits per heavy atom. The average Bonchev–Trinajstić information content (AvgIpc) is 3.18. The number of carbonyl (C=O) groups excluding carboxylic acids is 1. The number of amides is 1. The van der Waals surface area contributed by atoms with E-state index >= 15 is 0 Å². The summed E-state index contributed by atoms with van der Waals surface area (Å²) in [4.78, 5) is 23.6. The molecule has 1 amide bonds. The van der Waals surface area contributed by atoms with Gasteiger partial charge in [0.1, 0.15) is 11.4 Å². The number of anilines is 1. The summed E-state index contributed by atoms with van der Waals surface area (Å²) in [7, 11) is -1.08. The van der Waals surface area contributed by atoms with E-state index < -0.39 is 21.6 Å². The number of para-hydroxylation sites is 1. The maximum absolute atomic E-state index is 12.9. The van der Waals surface area contributed by atoms with Crippen molar-refractivity contribution in [1.82, 2.24) is 9.78 Å². The first-order chi connectivity index (χ1) is 13.8. The fourth-order valence-corrected chi connectivity index (χ4v) is 4.74. The molecule has 4 rings (SSSR count). The van der Waals surface area contributed by atoms with E-state index in [-0.39, 0.29) is 17.0 Å². The highest BCUT2D eigenvalue weighted by molar-refractivity contribution is 7.83. The van der Waals surface area contributed by atoms with Crippen molar-refractivity contribution in [3.8, 4) is 5.69 Å². The molecule has 29 heavy (non-hydrogen) atoms. The summed E-state index contributed by atoms with van der Waals surface area (Å²) < 4.78 is 13.7. The van der Waals surface area contributed by atoms with E-state index in [9.17, 15) is 19.1 Å². The number of nitrogens with one attached hydrogen (secondary N) is 1.